The molecule has 2 N–H and O–H groups in total. The normalized spacial score (nSPS) is 13.9. The molecule has 0 aliphatic heterocycles. The molecular weight excluding hydrogens is 513 g/mol. The predicted octanol–water partition coefficient (Wildman–Crippen LogP) is 5.71. The van der Waals surface area contributed by atoms with Gasteiger partial charge in [-0.05, 0) is 49.6 Å². The van der Waals surface area contributed by atoms with Crippen molar-refractivity contribution in [2.24, 2.45) is 5.10 Å². The zero-order valence-corrected chi connectivity index (χ0v) is 21.1. The Hall–Kier alpha value is -3.00. The van der Waals surface area contributed by atoms with Crippen LogP contribution in [-0.4, -0.2) is 24.1 Å². The first-order chi connectivity index (χ1) is 16.8. The third kappa shape index (κ3) is 5.99. The van der Waals surface area contributed by atoms with Gasteiger partial charge in [0.2, 0.25) is 0 Å². The third-order valence-corrected chi connectivity index (χ3v) is 6.40. The Morgan fingerprint density at radius 1 is 1.09 bits per heavy atom. The van der Waals surface area contributed by atoms with Crippen LogP contribution in [-0.2, 0) is 17.8 Å². The Morgan fingerprint density at radius 2 is 1.89 bits per heavy atom. The largest absolute Gasteiger partial charge is 0.482 e. The lowest BCUT2D eigenvalue weighted by Gasteiger charge is -2.13. The summed E-state index contributed by atoms with van der Waals surface area (Å²) in [4.78, 5) is 25.1. The number of hydrogen-bond acceptors (Lipinski definition) is 5. The smallest absolute Gasteiger partial charge is 0.287 e. The Bertz CT molecular complexity index is 1300. The molecule has 0 unspecified atom stereocenters. The lowest BCUT2D eigenvalue weighted by atomic mass is 9.93. The van der Waals surface area contributed by atoms with Crippen molar-refractivity contribution < 1.29 is 18.7 Å². The molecule has 1 aromatic heterocycles. The van der Waals surface area contributed by atoms with Gasteiger partial charge in [-0.15, -0.1) is 0 Å². The maximum absolute atomic E-state index is 12.8. The minimum Gasteiger partial charge on any atom is -0.482 e. The number of hydrazone groups is 1. The first-order valence-corrected chi connectivity index (χ1v) is 12.0. The van der Waals surface area contributed by atoms with Crippen LogP contribution in [0.2, 0.25) is 15.1 Å². The number of amides is 2. The Labute approximate surface area is 217 Å². The van der Waals surface area contributed by atoms with Gasteiger partial charge in [-0.3, -0.25) is 9.59 Å². The lowest BCUT2D eigenvalue weighted by molar-refractivity contribution is -0.123. The highest BCUT2D eigenvalue weighted by molar-refractivity contribution is 6.35. The SMILES string of the molecule is Cc1c(C(=O)NCc2ccccc2Cl)oc2c1/C(=N/NC(=O)COc1ccc(Cl)cc1Cl)CCC2. The van der Waals surface area contributed by atoms with Crippen LogP contribution in [0, 0.1) is 6.92 Å². The number of carbonyl (C=O) groups excluding carboxylic acids is 2. The van der Waals surface area contributed by atoms with Gasteiger partial charge in [0, 0.05) is 34.1 Å². The summed E-state index contributed by atoms with van der Waals surface area (Å²) in [5.41, 5.74) is 5.39. The Morgan fingerprint density at radius 3 is 2.66 bits per heavy atom. The average Bonchev–Trinajstić information content (AvgIpc) is 3.18. The number of ether oxygens (including phenoxy) is 1. The Kier molecular flexibility index (Phi) is 8.00. The molecule has 0 radical (unpaired) electrons. The van der Waals surface area contributed by atoms with Crippen LogP contribution in [0.5, 0.6) is 5.75 Å². The summed E-state index contributed by atoms with van der Waals surface area (Å²) >= 11 is 18.1. The molecule has 182 valence electrons. The molecule has 2 amide bonds. The third-order valence-electron chi connectivity index (χ3n) is 5.50. The van der Waals surface area contributed by atoms with E-state index in [0.29, 0.717) is 50.7 Å². The minimum absolute atomic E-state index is 0.226. The first kappa shape index (κ1) is 25.1. The molecule has 0 fully saturated rings. The number of fused-ring (bicyclic) bond motifs is 1. The average molecular weight is 535 g/mol. The van der Waals surface area contributed by atoms with Gasteiger partial charge in [-0.2, -0.15) is 5.10 Å². The van der Waals surface area contributed by atoms with Crippen molar-refractivity contribution in [3.05, 3.63) is 85.7 Å². The second kappa shape index (κ2) is 11.2. The number of rotatable bonds is 7. The van der Waals surface area contributed by atoms with E-state index in [4.69, 9.17) is 44.0 Å². The molecule has 0 bridgehead atoms. The number of aryl methyl sites for hydroxylation is 1. The highest BCUT2D eigenvalue weighted by Crippen LogP contribution is 2.30. The van der Waals surface area contributed by atoms with Gasteiger partial charge >= 0.3 is 0 Å². The van der Waals surface area contributed by atoms with Crippen molar-refractivity contribution in [2.75, 3.05) is 6.61 Å². The van der Waals surface area contributed by atoms with Crippen LogP contribution in [0.1, 0.15) is 45.8 Å². The molecule has 1 aliphatic rings. The molecule has 0 saturated carbocycles. The highest BCUT2D eigenvalue weighted by atomic mass is 35.5. The fourth-order valence-electron chi connectivity index (χ4n) is 3.79. The number of hydrogen-bond donors (Lipinski definition) is 2. The number of halogens is 3. The van der Waals surface area contributed by atoms with Crippen LogP contribution >= 0.6 is 34.8 Å². The van der Waals surface area contributed by atoms with E-state index in [0.717, 1.165) is 17.5 Å². The molecule has 10 heteroatoms. The lowest BCUT2D eigenvalue weighted by Crippen LogP contribution is -2.27. The van der Waals surface area contributed by atoms with Crippen LogP contribution in [0.25, 0.3) is 0 Å². The molecule has 7 nitrogen and oxygen atoms in total. The van der Waals surface area contributed by atoms with Crippen molar-refractivity contribution in [1.29, 1.82) is 0 Å². The quantitative estimate of drug-likeness (QED) is 0.380. The first-order valence-electron chi connectivity index (χ1n) is 10.9. The van der Waals surface area contributed by atoms with Gasteiger partial charge in [0.25, 0.3) is 11.8 Å². The van der Waals surface area contributed by atoms with E-state index >= 15 is 0 Å². The summed E-state index contributed by atoms with van der Waals surface area (Å²) in [7, 11) is 0. The second-order valence-electron chi connectivity index (χ2n) is 7.94. The topological polar surface area (TPSA) is 92.9 Å². The van der Waals surface area contributed by atoms with Gasteiger partial charge in [-0.1, -0.05) is 53.0 Å². The molecule has 0 atom stereocenters. The molecule has 1 heterocycles. The molecule has 1 aliphatic carbocycles. The van der Waals surface area contributed by atoms with Gasteiger partial charge in [-0.25, -0.2) is 5.43 Å². The summed E-state index contributed by atoms with van der Waals surface area (Å²) in [5, 5.41) is 8.49. The summed E-state index contributed by atoms with van der Waals surface area (Å²) in [6.07, 6.45) is 2.10. The monoisotopic (exact) mass is 533 g/mol. The summed E-state index contributed by atoms with van der Waals surface area (Å²) in [6, 6.07) is 12.0. The zero-order valence-electron chi connectivity index (χ0n) is 18.8. The number of nitrogens with zero attached hydrogens (tertiary/aromatic N) is 1. The van der Waals surface area contributed by atoms with E-state index in [1.165, 1.54) is 6.07 Å². The van der Waals surface area contributed by atoms with E-state index in [-0.39, 0.29) is 24.8 Å². The summed E-state index contributed by atoms with van der Waals surface area (Å²) < 4.78 is 11.3. The maximum atomic E-state index is 12.8. The fourth-order valence-corrected chi connectivity index (χ4v) is 4.46. The highest BCUT2D eigenvalue weighted by Gasteiger charge is 2.28. The molecular formula is C25H22Cl3N3O4. The molecule has 0 spiro atoms. The van der Waals surface area contributed by atoms with E-state index in [1.54, 1.807) is 25.1 Å². The second-order valence-corrected chi connectivity index (χ2v) is 9.19. The zero-order chi connectivity index (χ0) is 24.9. The Balaban J connectivity index is 1.42. The molecule has 0 saturated heterocycles. The molecule has 3 aromatic rings. The van der Waals surface area contributed by atoms with Gasteiger partial charge in [0.15, 0.2) is 12.4 Å². The number of carbonyl (C=O) groups is 2. The van der Waals surface area contributed by atoms with Crippen molar-refractivity contribution >= 4 is 52.3 Å². The summed E-state index contributed by atoms with van der Waals surface area (Å²) in [5.74, 6) is 0.456. The molecule has 35 heavy (non-hydrogen) atoms. The summed E-state index contributed by atoms with van der Waals surface area (Å²) in [6.45, 7) is 1.81. The van der Waals surface area contributed by atoms with Crippen molar-refractivity contribution in [3.63, 3.8) is 0 Å². The van der Waals surface area contributed by atoms with E-state index < -0.39 is 5.91 Å². The van der Waals surface area contributed by atoms with Gasteiger partial charge in [0.05, 0.1) is 10.7 Å². The predicted molar refractivity (Wildman–Crippen MR) is 136 cm³/mol. The molecule has 4 rings (SSSR count). The van der Waals surface area contributed by atoms with Crippen LogP contribution < -0.4 is 15.5 Å². The van der Waals surface area contributed by atoms with Crippen LogP contribution in [0.15, 0.2) is 52.0 Å². The number of benzene rings is 2. The van der Waals surface area contributed by atoms with Crippen LogP contribution in [0.4, 0.5) is 0 Å². The number of furan rings is 1. The van der Waals surface area contributed by atoms with Crippen molar-refractivity contribution in [3.8, 4) is 5.75 Å². The van der Waals surface area contributed by atoms with Crippen LogP contribution in [0.3, 0.4) is 0 Å². The van der Waals surface area contributed by atoms with E-state index in [2.05, 4.69) is 15.8 Å². The standard InChI is InChI=1S/C25H22Cl3N3O4/c1-14-23-19(30-31-22(32)13-34-20-10-9-16(26)11-18(20)28)7-4-8-21(23)35-24(14)25(33)29-12-15-5-2-3-6-17(15)27/h2-3,5-6,9-11H,4,7-8,12-13H2,1H3,(H,29,33)(H,31,32)/b30-19+. The van der Waals surface area contributed by atoms with Gasteiger partial charge in [0.1, 0.15) is 11.5 Å². The maximum Gasteiger partial charge on any atom is 0.287 e. The van der Waals surface area contributed by atoms with Crippen molar-refractivity contribution in [2.45, 2.75) is 32.7 Å². The minimum atomic E-state index is -0.450. The molecule has 2 aromatic carbocycles. The van der Waals surface area contributed by atoms with Crippen molar-refractivity contribution in [1.82, 2.24) is 10.7 Å². The van der Waals surface area contributed by atoms with Gasteiger partial charge < -0.3 is 14.5 Å². The fraction of sp³-hybridized carbons (Fsp3) is 0.240. The van der Waals surface area contributed by atoms with E-state index in [9.17, 15) is 9.59 Å². The number of nitrogens with one attached hydrogen (secondary N) is 2. The van der Waals surface area contributed by atoms with E-state index in [1.807, 2.05) is 18.2 Å².